The van der Waals surface area contributed by atoms with Crippen molar-refractivity contribution >= 4 is 17.7 Å². The summed E-state index contributed by atoms with van der Waals surface area (Å²) in [6.45, 7) is 9.49. The molecule has 1 aliphatic rings. The lowest BCUT2D eigenvalue weighted by atomic mass is 10.1. The number of nitrogens with one attached hydrogen (secondary N) is 1. The van der Waals surface area contributed by atoms with Gasteiger partial charge in [0, 0.05) is 12.1 Å². The highest BCUT2D eigenvalue weighted by Gasteiger charge is 2.24. The monoisotopic (exact) mass is 426 g/mol. The maximum Gasteiger partial charge on any atom is 0.233 e. The first-order valence-electron chi connectivity index (χ1n) is 10.4. The van der Waals surface area contributed by atoms with E-state index in [-0.39, 0.29) is 5.91 Å². The van der Waals surface area contributed by atoms with Gasteiger partial charge in [0.2, 0.25) is 5.91 Å². The second kappa shape index (κ2) is 9.49. The zero-order valence-electron chi connectivity index (χ0n) is 17.5. The molecule has 0 unspecified atom stereocenters. The van der Waals surface area contributed by atoms with E-state index in [2.05, 4.69) is 41.4 Å². The Bertz CT molecular complexity index is 977. The quantitative estimate of drug-likeness (QED) is 0.585. The van der Waals surface area contributed by atoms with Crippen molar-refractivity contribution in [3.63, 3.8) is 0 Å². The molecule has 1 N–H and O–H groups in total. The van der Waals surface area contributed by atoms with E-state index in [1.165, 1.54) is 27.8 Å². The smallest absolute Gasteiger partial charge is 0.233 e. The Morgan fingerprint density at radius 2 is 2.03 bits per heavy atom. The summed E-state index contributed by atoms with van der Waals surface area (Å²) < 4.78 is 7.43. The number of aromatic nitrogens is 3. The van der Waals surface area contributed by atoms with Crippen LogP contribution in [0.1, 0.15) is 18.1 Å². The highest BCUT2D eigenvalue weighted by atomic mass is 32.2. The van der Waals surface area contributed by atoms with Crippen molar-refractivity contribution in [3.8, 4) is 11.6 Å². The molecule has 2 aromatic heterocycles. The van der Waals surface area contributed by atoms with Gasteiger partial charge >= 0.3 is 0 Å². The van der Waals surface area contributed by atoms with Crippen LogP contribution in [0.3, 0.4) is 0 Å². The number of benzene rings is 1. The first-order chi connectivity index (χ1) is 14.6. The number of rotatable bonds is 7. The number of hydrogen-bond donors (Lipinski definition) is 1. The minimum Gasteiger partial charge on any atom is -0.461 e. The Hall–Kier alpha value is -2.58. The summed E-state index contributed by atoms with van der Waals surface area (Å²) in [6, 6.07) is 12.4. The largest absolute Gasteiger partial charge is 0.461 e. The molecule has 0 saturated carbocycles. The van der Waals surface area contributed by atoms with Crippen LogP contribution in [0.4, 0.5) is 0 Å². The number of amides is 1. The summed E-state index contributed by atoms with van der Waals surface area (Å²) in [5.74, 6) is 1.93. The minimum absolute atomic E-state index is 0.166. The van der Waals surface area contributed by atoms with Crippen LogP contribution in [-0.2, 0) is 17.9 Å². The first-order valence-corrected chi connectivity index (χ1v) is 11.4. The van der Waals surface area contributed by atoms with Crippen LogP contribution in [-0.4, -0.2) is 57.5 Å². The Labute approximate surface area is 181 Å². The maximum atomic E-state index is 12.7. The molecule has 1 saturated heterocycles. The first kappa shape index (κ1) is 20.7. The van der Waals surface area contributed by atoms with Crippen molar-refractivity contribution in [1.82, 2.24) is 19.7 Å². The molecule has 158 valence electrons. The normalized spacial score (nSPS) is 14.9. The number of furan rings is 1. The molecule has 1 fully saturated rings. The number of carbonyl (C=O) groups excluding carboxylic acids is 1. The molecule has 3 aromatic rings. The molecular weight excluding hydrogens is 398 g/mol. The average Bonchev–Trinajstić information content (AvgIpc) is 3.42. The van der Waals surface area contributed by atoms with Gasteiger partial charge in [0.05, 0.1) is 38.2 Å². The third-order valence-corrected chi connectivity index (χ3v) is 6.41. The van der Waals surface area contributed by atoms with E-state index in [1.54, 1.807) is 6.26 Å². The van der Waals surface area contributed by atoms with Gasteiger partial charge in [-0.1, -0.05) is 41.6 Å². The van der Waals surface area contributed by atoms with Gasteiger partial charge in [-0.3, -0.25) is 9.36 Å². The molecule has 0 bridgehead atoms. The van der Waals surface area contributed by atoms with Crippen LogP contribution in [0.25, 0.3) is 11.6 Å². The van der Waals surface area contributed by atoms with Gasteiger partial charge in [0.1, 0.15) is 6.54 Å². The molecule has 0 spiro atoms. The van der Waals surface area contributed by atoms with E-state index in [1.807, 2.05) is 28.5 Å². The lowest BCUT2D eigenvalue weighted by Crippen LogP contribution is -3.13. The number of nitrogens with zero attached hydrogens (tertiary/aromatic N) is 4. The molecule has 0 radical (unpaired) electrons. The molecular formula is C22H28N5O2S+. The predicted octanol–water partition coefficient (Wildman–Crippen LogP) is 1.89. The van der Waals surface area contributed by atoms with Crippen LogP contribution in [0.5, 0.6) is 0 Å². The molecule has 1 aliphatic heterocycles. The number of carbonyl (C=O) groups is 1. The second-order valence-electron chi connectivity index (χ2n) is 7.61. The fourth-order valence-electron chi connectivity index (χ4n) is 3.85. The Kier molecular flexibility index (Phi) is 6.54. The van der Waals surface area contributed by atoms with Crippen molar-refractivity contribution in [3.05, 3.63) is 53.8 Å². The van der Waals surface area contributed by atoms with Gasteiger partial charge in [-0.15, -0.1) is 10.2 Å². The van der Waals surface area contributed by atoms with Crippen LogP contribution in [0.15, 0.2) is 52.2 Å². The third-order valence-electron chi connectivity index (χ3n) is 5.46. The Morgan fingerprint density at radius 1 is 1.20 bits per heavy atom. The fraction of sp³-hybridized carbons (Fsp3) is 0.409. The second-order valence-corrected chi connectivity index (χ2v) is 8.56. The van der Waals surface area contributed by atoms with Crippen molar-refractivity contribution in [2.45, 2.75) is 32.1 Å². The van der Waals surface area contributed by atoms with Gasteiger partial charge in [0.15, 0.2) is 16.7 Å². The number of piperazine rings is 1. The maximum absolute atomic E-state index is 12.7. The van der Waals surface area contributed by atoms with Crippen LogP contribution in [0, 0.1) is 6.92 Å². The van der Waals surface area contributed by atoms with Gasteiger partial charge in [-0.2, -0.15) is 0 Å². The molecule has 3 heterocycles. The molecule has 30 heavy (non-hydrogen) atoms. The van der Waals surface area contributed by atoms with Crippen molar-refractivity contribution in [2.75, 3.05) is 31.9 Å². The molecule has 1 amide bonds. The van der Waals surface area contributed by atoms with Crippen molar-refractivity contribution < 1.29 is 14.1 Å². The summed E-state index contributed by atoms with van der Waals surface area (Å²) in [6.07, 6.45) is 1.63. The highest BCUT2D eigenvalue weighted by molar-refractivity contribution is 7.99. The summed E-state index contributed by atoms with van der Waals surface area (Å²) in [5.41, 5.74) is 2.67. The average molecular weight is 427 g/mol. The number of quaternary nitrogens is 1. The molecule has 1 aromatic carbocycles. The third kappa shape index (κ3) is 4.76. The lowest BCUT2D eigenvalue weighted by molar-refractivity contribution is -0.917. The summed E-state index contributed by atoms with van der Waals surface area (Å²) in [5, 5.41) is 9.26. The summed E-state index contributed by atoms with van der Waals surface area (Å²) >= 11 is 1.45. The standard InChI is InChI=1S/C22H27N5O2S/c1-3-27-21(19-8-5-13-29-19)23-24-22(27)30-16-20(28)26-11-9-25(10-12-26)15-18-7-4-6-17(2)14-18/h4-8,13-14H,3,9-12,15-16H2,1-2H3/p+1. The zero-order chi connectivity index (χ0) is 20.9. The summed E-state index contributed by atoms with van der Waals surface area (Å²) in [7, 11) is 0. The van der Waals surface area contributed by atoms with E-state index in [4.69, 9.17) is 4.42 Å². The predicted molar refractivity (Wildman–Crippen MR) is 116 cm³/mol. The van der Waals surface area contributed by atoms with Crippen LogP contribution >= 0.6 is 11.8 Å². The SMILES string of the molecule is CCn1c(SCC(=O)N2CC[NH+](Cc3cccc(C)c3)CC2)nnc1-c1ccco1. The van der Waals surface area contributed by atoms with Crippen molar-refractivity contribution in [1.29, 1.82) is 0 Å². The lowest BCUT2D eigenvalue weighted by Gasteiger charge is -2.32. The van der Waals surface area contributed by atoms with Crippen LogP contribution < -0.4 is 4.90 Å². The van der Waals surface area contributed by atoms with E-state index in [0.717, 1.165) is 44.4 Å². The fourth-order valence-corrected chi connectivity index (χ4v) is 4.75. The molecule has 7 nitrogen and oxygen atoms in total. The zero-order valence-corrected chi connectivity index (χ0v) is 18.3. The minimum atomic E-state index is 0.166. The molecule has 0 atom stereocenters. The van der Waals surface area contributed by atoms with Gasteiger partial charge < -0.3 is 14.2 Å². The summed E-state index contributed by atoms with van der Waals surface area (Å²) in [4.78, 5) is 16.2. The Morgan fingerprint density at radius 3 is 2.73 bits per heavy atom. The highest BCUT2D eigenvalue weighted by Crippen LogP contribution is 2.24. The molecule has 0 aliphatic carbocycles. The number of hydrogen-bond acceptors (Lipinski definition) is 5. The molecule has 8 heteroatoms. The van der Waals surface area contributed by atoms with Gasteiger partial charge in [0.25, 0.3) is 0 Å². The van der Waals surface area contributed by atoms with E-state index in [9.17, 15) is 4.79 Å². The van der Waals surface area contributed by atoms with Gasteiger partial charge in [-0.05, 0) is 26.0 Å². The van der Waals surface area contributed by atoms with E-state index >= 15 is 0 Å². The van der Waals surface area contributed by atoms with Crippen LogP contribution in [0.2, 0.25) is 0 Å². The topological polar surface area (TPSA) is 68.6 Å². The van der Waals surface area contributed by atoms with E-state index < -0.39 is 0 Å². The molecule has 4 rings (SSSR count). The van der Waals surface area contributed by atoms with E-state index in [0.29, 0.717) is 17.3 Å². The van der Waals surface area contributed by atoms with Crippen molar-refractivity contribution in [2.24, 2.45) is 0 Å². The number of thioether (sulfide) groups is 1. The Balaban J connectivity index is 1.28. The van der Waals surface area contributed by atoms with Gasteiger partial charge in [-0.25, -0.2) is 0 Å². The number of aryl methyl sites for hydroxylation is 1.